The Bertz CT molecular complexity index is 1490. The third-order valence-electron chi connectivity index (χ3n) is 11.6. The van der Waals surface area contributed by atoms with Gasteiger partial charge >= 0.3 is 206 Å². The van der Waals surface area contributed by atoms with Crippen molar-refractivity contribution in [2.75, 3.05) is 22.9 Å². The van der Waals surface area contributed by atoms with E-state index in [4.69, 9.17) is 19.4 Å². The molecular weight excluding hydrogens is 771 g/mol. The van der Waals surface area contributed by atoms with E-state index in [0.29, 0.717) is 7.92 Å². The monoisotopic (exact) mass is 840 g/mol. The first kappa shape index (κ1) is 41.4. The van der Waals surface area contributed by atoms with Crippen molar-refractivity contribution in [3.8, 4) is 0 Å². The van der Waals surface area contributed by atoms with Crippen LogP contribution < -0.4 is 9.80 Å². The van der Waals surface area contributed by atoms with Gasteiger partial charge in [-0.2, -0.15) is 0 Å². The molecule has 1 aliphatic heterocycles. The van der Waals surface area contributed by atoms with Gasteiger partial charge in [0.05, 0.1) is 0 Å². The molecule has 4 fully saturated rings. The summed E-state index contributed by atoms with van der Waals surface area (Å²) < 4.78 is 4.52. The number of anilines is 2. The maximum absolute atomic E-state index is 7.28. The quantitative estimate of drug-likeness (QED) is 0.219. The minimum absolute atomic E-state index is 0.0317. The molecule has 6 rings (SSSR count). The van der Waals surface area contributed by atoms with Crippen molar-refractivity contribution >= 4 is 47.3 Å². The van der Waals surface area contributed by atoms with Crippen LogP contribution in [0.2, 0.25) is 0 Å². The molecule has 0 bridgehead atoms. The fourth-order valence-corrected chi connectivity index (χ4v) is 19.7. The van der Waals surface area contributed by atoms with Gasteiger partial charge in [0.2, 0.25) is 0 Å². The van der Waals surface area contributed by atoms with Crippen molar-refractivity contribution in [1.29, 1.82) is 0 Å². The average molecular weight is 841 g/mol. The Morgan fingerprint density at radius 3 is 1.20 bits per heavy atom. The average Bonchev–Trinajstić information content (AvgIpc) is 3.49. The first-order chi connectivity index (χ1) is 24.2. The molecule has 2 aromatic carbocycles. The second-order valence-electron chi connectivity index (χ2n) is 17.4. The Kier molecular flexibility index (Phi) is 14.8. The topological polar surface area (TPSA) is 6.48 Å². The van der Waals surface area contributed by atoms with Gasteiger partial charge in [0.15, 0.2) is 0 Å². The van der Waals surface area contributed by atoms with Gasteiger partial charge in [0, 0.05) is 0 Å². The molecule has 2 nitrogen and oxygen atoms in total. The summed E-state index contributed by atoms with van der Waals surface area (Å²) in [6.07, 6.45) is 25.7. The summed E-state index contributed by atoms with van der Waals surface area (Å²) in [5.41, 5.74) is 13.5. The summed E-state index contributed by atoms with van der Waals surface area (Å²) in [5.74, 6) is 0. The molecule has 1 heterocycles. The number of halogens is 2. The van der Waals surface area contributed by atoms with Crippen molar-refractivity contribution in [1.82, 2.24) is 0 Å². The third kappa shape index (κ3) is 10.7. The van der Waals surface area contributed by atoms with Crippen LogP contribution in [0.4, 0.5) is 11.4 Å². The Morgan fingerprint density at radius 2 is 0.902 bits per heavy atom. The summed E-state index contributed by atoms with van der Waals surface area (Å²) in [6.45, 7) is 21.2. The van der Waals surface area contributed by atoms with Gasteiger partial charge in [-0.25, -0.2) is 0 Å². The van der Waals surface area contributed by atoms with Crippen molar-refractivity contribution in [2.45, 2.75) is 176 Å². The number of hydrogen-bond donors (Lipinski definition) is 0. The van der Waals surface area contributed by atoms with Crippen LogP contribution in [0.5, 0.6) is 0 Å². The normalized spacial score (nSPS) is 20.4. The first-order valence-electron chi connectivity index (χ1n) is 20.3. The first-order valence-corrected chi connectivity index (χ1v) is 28.0. The molecule has 2 aromatic rings. The number of hydrogen-bond acceptors (Lipinski definition) is 2. The van der Waals surface area contributed by atoms with Crippen LogP contribution in [0.15, 0.2) is 30.3 Å². The van der Waals surface area contributed by atoms with Crippen LogP contribution in [-0.4, -0.2) is 38.7 Å². The van der Waals surface area contributed by atoms with Crippen LogP contribution in [0.25, 0.3) is 0 Å². The van der Waals surface area contributed by atoms with Gasteiger partial charge in [-0.05, 0) is 55.5 Å². The SMILES string of the molecule is C1CCC(P(C2CCCCC2)C2CCCCC2)CC1.Cc1cc(C)c(N2CCN(c3c(C)cc(C)cc3C)[C]2=[Ru]([Cl])([Cl])=[C]=CC(C)(C)C)c(C)c1. The minimum atomic E-state index is -3.48. The second kappa shape index (κ2) is 18.2. The van der Waals surface area contributed by atoms with Gasteiger partial charge in [-0.3, -0.25) is 0 Å². The van der Waals surface area contributed by atoms with Crippen molar-refractivity contribution in [3.05, 3.63) is 63.7 Å². The van der Waals surface area contributed by atoms with Gasteiger partial charge in [0.25, 0.3) is 0 Å². The fourth-order valence-electron chi connectivity index (χ4n) is 9.66. The number of aryl methyl sites for hydroxylation is 6. The van der Waals surface area contributed by atoms with Crippen LogP contribution >= 0.6 is 27.3 Å². The summed E-state index contributed by atoms with van der Waals surface area (Å²) in [5, 5.41) is 0. The van der Waals surface area contributed by atoms with Gasteiger partial charge in [-0.15, -0.1) is 0 Å². The molecule has 51 heavy (non-hydrogen) atoms. The standard InChI is InChI=1S/C21H26N2.C18H33P.C6H10.2ClH.Ru/c1-14-9-16(3)20(17(4)10-14)22-7-8-23(13-22)21-18(5)11-15(2)12-19(21)6;1-4-10-16(11-5-1)19(17-12-6-2-7-13-17)18-14-8-3-9-15-18;1-5-6(2,3)4;;;/h9-12H,7-8H2,1-6H3;16-18H,1-15H2;5H,2-4H3;2*1H;/q;;;;;+2/p-2. The molecule has 0 amide bonds. The number of rotatable bonds is 5. The third-order valence-corrected chi connectivity index (χ3v) is 20.8. The molecule has 6 heteroatoms. The molecule has 0 atom stereocenters. The number of allylic oxidation sites excluding steroid dienone is 1. The van der Waals surface area contributed by atoms with Crippen LogP contribution in [0.3, 0.4) is 0 Å². The van der Waals surface area contributed by atoms with Gasteiger partial charge in [-0.1, -0.05) is 65.7 Å². The maximum atomic E-state index is 7.28. The van der Waals surface area contributed by atoms with E-state index in [2.05, 4.69) is 107 Å². The van der Waals surface area contributed by atoms with E-state index >= 15 is 0 Å². The van der Waals surface area contributed by atoms with Crippen molar-refractivity contribution < 1.29 is 11.9 Å². The van der Waals surface area contributed by atoms with Crippen molar-refractivity contribution in [2.24, 2.45) is 5.41 Å². The zero-order valence-electron chi connectivity index (χ0n) is 33.6. The van der Waals surface area contributed by atoms with E-state index in [0.717, 1.165) is 17.4 Å². The van der Waals surface area contributed by atoms with E-state index in [-0.39, 0.29) is 5.41 Å². The zero-order valence-corrected chi connectivity index (χ0v) is 37.7. The predicted molar refractivity (Wildman–Crippen MR) is 229 cm³/mol. The molecule has 0 radical (unpaired) electrons. The van der Waals surface area contributed by atoms with E-state index < -0.39 is 11.9 Å². The molecular formula is C45H69Cl2N2PRu. The molecule has 0 unspecified atom stereocenters. The van der Waals surface area contributed by atoms with Crippen LogP contribution in [0, 0.1) is 47.0 Å². The number of benzene rings is 2. The fraction of sp³-hybridized carbons (Fsp3) is 0.667. The molecule has 0 aromatic heterocycles. The molecule has 0 N–H and O–H groups in total. The Hall–Kier alpha value is -0.807. The Labute approximate surface area is 324 Å². The van der Waals surface area contributed by atoms with Gasteiger partial charge in [0.1, 0.15) is 0 Å². The molecule has 1 saturated heterocycles. The van der Waals surface area contributed by atoms with E-state index in [1.165, 1.54) is 81.0 Å². The molecule has 0 spiro atoms. The Balaban J connectivity index is 0.000000224. The molecule has 4 aliphatic rings. The summed E-state index contributed by atoms with van der Waals surface area (Å²) >= 11 is -3.48. The summed E-state index contributed by atoms with van der Waals surface area (Å²) in [7, 11) is 14.9. The predicted octanol–water partition coefficient (Wildman–Crippen LogP) is 13.9. The second-order valence-corrected chi connectivity index (χ2v) is 29.3. The molecule has 3 saturated carbocycles. The zero-order chi connectivity index (χ0) is 36.9. The van der Waals surface area contributed by atoms with E-state index in [1.807, 2.05) is 0 Å². The summed E-state index contributed by atoms with van der Waals surface area (Å²) in [4.78, 5) is 4.75. The molecule has 3 aliphatic carbocycles. The van der Waals surface area contributed by atoms with E-state index in [1.54, 1.807) is 77.0 Å². The van der Waals surface area contributed by atoms with Gasteiger partial charge < -0.3 is 0 Å². The molecule has 286 valence electrons. The van der Waals surface area contributed by atoms with Crippen LogP contribution in [0.1, 0.15) is 150 Å². The van der Waals surface area contributed by atoms with Crippen LogP contribution in [-0.2, 0) is 11.9 Å². The Morgan fingerprint density at radius 1 is 0.588 bits per heavy atom. The van der Waals surface area contributed by atoms with E-state index in [9.17, 15) is 0 Å². The van der Waals surface area contributed by atoms with Crippen molar-refractivity contribution in [3.63, 3.8) is 0 Å². The number of nitrogens with zero attached hydrogens (tertiary/aromatic N) is 2. The summed E-state index contributed by atoms with van der Waals surface area (Å²) in [6, 6.07) is 8.98.